The standard InChI is InChI=1S/C13H18FN3O2/c1-13(2,3)19-11(18)7-17-10-5-4-8(12(15)16)6-9(10)14/h4-6,17H,7H2,1-3H3,(H3,15,16). The molecular formula is C13H18FN3O2. The lowest BCUT2D eigenvalue weighted by atomic mass is 10.2. The highest BCUT2D eigenvalue weighted by Crippen LogP contribution is 2.15. The molecule has 0 fully saturated rings. The van der Waals surface area contributed by atoms with Gasteiger partial charge in [-0.25, -0.2) is 4.39 Å². The van der Waals surface area contributed by atoms with Gasteiger partial charge in [-0.3, -0.25) is 10.2 Å². The third-order valence-electron chi connectivity index (χ3n) is 2.12. The van der Waals surface area contributed by atoms with Crippen LogP contribution in [0.3, 0.4) is 0 Å². The van der Waals surface area contributed by atoms with Crippen LogP contribution in [-0.2, 0) is 9.53 Å². The van der Waals surface area contributed by atoms with Crippen molar-refractivity contribution in [2.24, 2.45) is 5.73 Å². The smallest absolute Gasteiger partial charge is 0.325 e. The van der Waals surface area contributed by atoms with Crippen LogP contribution in [0.25, 0.3) is 0 Å². The molecule has 0 aliphatic heterocycles. The van der Waals surface area contributed by atoms with Crippen LogP contribution in [0.15, 0.2) is 18.2 Å². The predicted octanol–water partition coefficient (Wildman–Crippen LogP) is 1.86. The van der Waals surface area contributed by atoms with Gasteiger partial charge in [0.2, 0.25) is 0 Å². The Labute approximate surface area is 111 Å². The summed E-state index contributed by atoms with van der Waals surface area (Å²) in [4.78, 5) is 11.5. The second kappa shape index (κ2) is 5.69. The van der Waals surface area contributed by atoms with E-state index in [2.05, 4.69) is 5.32 Å². The van der Waals surface area contributed by atoms with Crippen molar-refractivity contribution in [2.75, 3.05) is 11.9 Å². The van der Waals surface area contributed by atoms with E-state index in [1.165, 1.54) is 12.1 Å². The molecule has 1 aromatic rings. The zero-order valence-electron chi connectivity index (χ0n) is 11.2. The highest BCUT2D eigenvalue weighted by Gasteiger charge is 2.16. The monoisotopic (exact) mass is 267 g/mol. The Bertz CT molecular complexity index is 495. The molecule has 4 N–H and O–H groups in total. The fraction of sp³-hybridized carbons (Fsp3) is 0.385. The zero-order valence-corrected chi connectivity index (χ0v) is 11.2. The van der Waals surface area contributed by atoms with Gasteiger partial charge >= 0.3 is 5.97 Å². The van der Waals surface area contributed by atoms with Gasteiger partial charge < -0.3 is 15.8 Å². The van der Waals surface area contributed by atoms with Gasteiger partial charge in [0.25, 0.3) is 0 Å². The summed E-state index contributed by atoms with van der Waals surface area (Å²) >= 11 is 0. The molecule has 0 aromatic heterocycles. The normalized spacial score (nSPS) is 10.9. The van der Waals surface area contributed by atoms with Crippen molar-refractivity contribution in [1.82, 2.24) is 0 Å². The van der Waals surface area contributed by atoms with Gasteiger partial charge in [-0.15, -0.1) is 0 Å². The van der Waals surface area contributed by atoms with E-state index in [1.807, 2.05) is 0 Å². The summed E-state index contributed by atoms with van der Waals surface area (Å²) in [5.74, 6) is -1.25. The molecule has 6 heteroatoms. The lowest BCUT2D eigenvalue weighted by Gasteiger charge is -2.19. The summed E-state index contributed by atoms with van der Waals surface area (Å²) in [5.41, 5.74) is 5.13. The summed E-state index contributed by atoms with van der Waals surface area (Å²) in [7, 11) is 0. The third kappa shape index (κ3) is 4.95. The number of nitrogens with two attached hydrogens (primary N) is 1. The van der Waals surface area contributed by atoms with Crippen molar-refractivity contribution >= 4 is 17.5 Å². The fourth-order valence-electron chi connectivity index (χ4n) is 1.37. The highest BCUT2D eigenvalue weighted by atomic mass is 19.1. The minimum absolute atomic E-state index is 0.131. The molecule has 0 aliphatic rings. The van der Waals surface area contributed by atoms with Crippen molar-refractivity contribution in [1.29, 1.82) is 5.41 Å². The number of carbonyl (C=O) groups is 1. The molecule has 0 heterocycles. The average Bonchev–Trinajstić information content (AvgIpc) is 2.24. The number of hydrogen-bond donors (Lipinski definition) is 3. The topological polar surface area (TPSA) is 88.2 Å². The molecule has 0 aliphatic carbocycles. The van der Waals surface area contributed by atoms with E-state index in [0.29, 0.717) is 5.56 Å². The first-order valence-electron chi connectivity index (χ1n) is 5.79. The molecule has 1 rings (SSSR count). The summed E-state index contributed by atoms with van der Waals surface area (Å²) in [6, 6.07) is 4.07. The second-order valence-corrected chi connectivity index (χ2v) is 5.05. The predicted molar refractivity (Wildman–Crippen MR) is 71.8 cm³/mol. The van der Waals surface area contributed by atoms with Crippen LogP contribution in [-0.4, -0.2) is 24.0 Å². The summed E-state index contributed by atoms with van der Waals surface area (Å²) in [6.07, 6.45) is 0. The molecule has 0 saturated heterocycles. The Kier molecular flexibility index (Phi) is 4.47. The van der Waals surface area contributed by atoms with E-state index in [9.17, 15) is 9.18 Å². The summed E-state index contributed by atoms with van der Waals surface area (Å²) < 4.78 is 18.7. The summed E-state index contributed by atoms with van der Waals surface area (Å²) in [6.45, 7) is 5.14. The van der Waals surface area contributed by atoms with Crippen molar-refractivity contribution in [3.63, 3.8) is 0 Å². The molecule has 0 saturated carbocycles. The Morgan fingerprint density at radius 3 is 2.58 bits per heavy atom. The molecule has 0 unspecified atom stereocenters. The number of anilines is 1. The Morgan fingerprint density at radius 2 is 2.11 bits per heavy atom. The third-order valence-corrected chi connectivity index (χ3v) is 2.12. The molecule has 0 spiro atoms. The SMILES string of the molecule is CC(C)(C)OC(=O)CNc1ccc(C(=N)N)cc1F. The minimum atomic E-state index is -0.574. The molecule has 0 bridgehead atoms. The van der Waals surface area contributed by atoms with E-state index in [-0.39, 0.29) is 18.1 Å². The highest BCUT2D eigenvalue weighted by molar-refractivity contribution is 5.95. The van der Waals surface area contributed by atoms with Gasteiger partial charge in [-0.1, -0.05) is 0 Å². The molecule has 1 aromatic carbocycles. The van der Waals surface area contributed by atoms with Gasteiger partial charge in [0.1, 0.15) is 23.8 Å². The van der Waals surface area contributed by atoms with Gasteiger partial charge in [0.15, 0.2) is 0 Å². The Morgan fingerprint density at radius 1 is 1.47 bits per heavy atom. The number of hydrogen-bond acceptors (Lipinski definition) is 4. The largest absolute Gasteiger partial charge is 0.459 e. The van der Waals surface area contributed by atoms with Crippen molar-refractivity contribution < 1.29 is 13.9 Å². The van der Waals surface area contributed by atoms with E-state index < -0.39 is 17.4 Å². The molecule has 104 valence electrons. The number of nitrogens with one attached hydrogen (secondary N) is 2. The van der Waals surface area contributed by atoms with Crippen LogP contribution in [0.2, 0.25) is 0 Å². The van der Waals surface area contributed by atoms with Crippen LogP contribution in [0.4, 0.5) is 10.1 Å². The molecule has 0 atom stereocenters. The van der Waals surface area contributed by atoms with Crippen LogP contribution in [0.5, 0.6) is 0 Å². The zero-order chi connectivity index (χ0) is 14.6. The average molecular weight is 267 g/mol. The van der Waals surface area contributed by atoms with E-state index in [0.717, 1.165) is 6.07 Å². The quantitative estimate of drug-likeness (QED) is 0.441. The van der Waals surface area contributed by atoms with Crippen LogP contribution in [0, 0.1) is 11.2 Å². The Balaban J connectivity index is 2.64. The van der Waals surface area contributed by atoms with E-state index >= 15 is 0 Å². The number of carbonyl (C=O) groups excluding carboxylic acids is 1. The first-order valence-corrected chi connectivity index (χ1v) is 5.79. The maximum atomic E-state index is 13.6. The van der Waals surface area contributed by atoms with E-state index in [1.54, 1.807) is 20.8 Å². The maximum Gasteiger partial charge on any atom is 0.325 e. The first-order chi connectivity index (χ1) is 8.69. The second-order valence-electron chi connectivity index (χ2n) is 5.05. The number of esters is 1. The summed E-state index contributed by atoms with van der Waals surface area (Å²) in [5, 5.41) is 9.83. The number of nitrogen functional groups attached to an aromatic ring is 1. The minimum Gasteiger partial charge on any atom is -0.459 e. The van der Waals surface area contributed by atoms with Gasteiger partial charge in [0, 0.05) is 5.56 Å². The number of halogens is 1. The van der Waals surface area contributed by atoms with Gasteiger partial charge in [-0.2, -0.15) is 0 Å². The number of rotatable bonds is 4. The number of benzene rings is 1. The molecule has 0 radical (unpaired) electrons. The van der Waals surface area contributed by atoms with E-state index in [4.69, 9.17) is 15.9 Å². The molecule has 19 heavy (non-hydrogen) atoms. The van der Waals surface area contributed by atoms with Crippen LogP contribution < -0.4 is 11.1 Å². The van der Waals surface area contributed by atoms with Crippen molar-refractivity contribution in [2.45, 2.75) is 26.4 Å². The molecule has 5 nitrogen and oxygen atoms in total. The van der Waals surface area contributed by atoms with Gasteiger partial charge in [0.05, 0.1) is 5.69 Å². The number of ether oxygens (including phenoxy) is 1. The van der Waals surface area contributed by atoms with Crippen molar-refractivity contribution in [3.05, 3.63) is 29.6 Å². The molecule has 0 amide bonds. The lowest BCUT2D eigenvalue weighted by Crippen LogP contribution is -2.28. The fourth-order valence-corrected chi connectivity index (χ4v) is 1.37. The van der Waals surface area contributed by atoms with Crippen LogP contribution in [0.1, 0.15) is 26.3 Å². The maximum absolute atomic E-state index is 13.6. The molecular weight excluding hydrogens is 249 g/mol. The van der Waals surface area contributed by atoms with Crippen molar-refractivity contribution in [3.8, 4) is 0 Å². The lowest BCUT2D eigenvalue weighted by molar-refractivity contribution is -0.152. The van der Waals surface area contributed by atoms with Gasteiger partial charge in [-0.05, 0) is 39.0 Å². The van der Waals surface area contributed by atoms with Crippen LogP contribution >= 0.6 is 0 Å². The Hall–Kier alpha value is -2.11. The number of amidine groups is 1. The first kappa shape index (κ1) is 14.9.